The highest BCUT2D eigenvalue weighted by molar-refractivity contribution is 4.93. The molecule has 5 nitrogen and oxygen atoms in total. The maximum absolute atomic E-state index is 6.12. The summed E-state index contributed by atoms with van der Waals surface area (Å²) in [5.74, 6) is 0. The average molecular weight is 696 g/mol. The predicted molar refractivity (Wildman–Crippen MR) is 219 cm³/mol. The molecular formula is C45H81N3O2. The molecule has 0 aliphatic carbocycles. The summed E-state index contributed by atoms with van der Waals surface area (Å²) in [4.78, 5) is 4.15. The van der Waals surface area contributed by atoms with Crippen LogP contribution in [0, 0.1) is 0 Å². The summed E-state index contributed by atoms with van der Waals surface area (Å²) in [5, 5.41) is 3.69. The van der Waals surface area contributed by atoms with Crippen LogP contribution in [0.5, 0.6) is 0 Å². The highest BCUT2D eigenvalue weighted by Gasteiger charge is 2.09. The molecule has 0 saturated heterocycles. The average Bonchev–Trinajstić information content (AvgIpc) is 3.65. The van der Waals surface area contributed by atoms with Crippen molar-refractivity contribution in [3.63, 3.8) is 0 Å². The van der Waals surface area contributed by atoms with Gasteiger partial charge < -0.3 is 19.4 Å². The van der Waals surface area contributed by atoms with Crippen LogP contribution in [0.2, 0.25) is 0 Å². The van der Waals surface area contributed by atoms with Gasteiger partial charge in [0.25, 0.3) is 0 Å². The molecule has 1 aromatic heterocycles. The summed E-state index contributed by atoms with van der Waals surface area (Å²) >= 11 is 0. The monoisotopic (exact) mass is 696 g/mol. The minimum atomic E-state index is 0.256. The highest BCUT2D eigenvalue weighted by Crippen LogP contribution is 2.10. The van der Waals surface area contributed by atoms with Gasteiger partial charge in [0, 0.05) is 32.2 Å². The molecule has 0 bridgehead atoms. The number of aromatic nitrogens is 2. The van der Waals surface area contributed by atoms with Crippen molar-refractivity contribution >= 4 is 0 Å². The summed E-state index contributed by atoms with van der Waals surface area (Å²) in [6, 6.07) is 0.256. The topological polar surface area (TPSA) is 48.3 Å². The van der Waals surface area contributed by atoms with E-state index in [2.05, 4.69) is 77.3 Å². The molecule has 1 rings (SSSR count). The van der Waals surface area contributed by atoms with E-state index in [0.717, 1.165) is 71.6 Å². The minimum absolute atomic E-state index is 0.256. The Morgan fingerprint density at radius 2 is 0.980 bits per heavy atom. The Balaban J connectivity index is 2.04. The molecule has 1 heterocycles. The van der Waals surface area contributed by atoms with Gasteiger partial charge in [-0.05, 0) is 90.0 Å². The standard InChI is InChI=1S/C45H81N3O2/c1-3-5-7-9-11-13-15-17-19-21-23-25-27-29-31-33-40-49-42-45(47-36-35-38-48-39-37-46-44-48)43-50-41-34-32-30-28-26-24-22-20-18-16-14-12-10-8-6-4-2/h11-14,17-20,37,39,44-45,47H,3-10,15-16,21-36,38,40-43H2,1-2H3. The fraction of sp³-hybridized carbons (Fsp3) is 0.756. The maximum atomic E-state index is 6.12. The van der Waals surface area contributed by atoms with Gasteiger partial charge in [-0.25, -0.2) is 4.98 Å². The third-order valence-electron chi connectivity index (χ3n) is 9.20. The molecule has 0 unspecified atom stereocenters. The van der Waals surface area contributed by atoms with Crippen LogP contribution in [0.25, 0.3) is 0 Å². The van der Waals surface area contributed by atoms with Crippen molar-refractivity contribution in [2.45, 2.75) is 187 Å². The van der Waals surface area contributed by atoms with E-state index < -0.39 is 0 Å². The fourth-order valence-electron chi connectivity index (χ4n) is 5.99. The Kier molecular flexibility index (Phi) is 36.7. The summed E-state index contributed by atoms with van der Waals surface area (Å²) in [6.45, 7) is 9.65. The van der Waals surface area contributed by atoms with Crippen molar-refractivity contribution in [1.82, 2.24) is 14.9 Å². The van der Waals surface area contributed by atoms with E-state index in [0.29, 0.717) is 0 Å². The summed E-state index contributed by atoms with van der Waals surface area (Å²) in [6.07, 6.45) is 56.2. The lowest BCUT2D eigenvalue weighted by molar-refractivity contribution is 0.0527. The van der Waals surface area contributed by atoms with E-state index in [4.69, 9.17) is 9.47 Å². The van der Waals surface area contributed by atoms with Crippen molar-refractivity contribution in [1.29, 1.82) is 0 Å². The first-order valence-corrected chi connectivity index (χ1v) is 21.3. The number of hydrogen-bond acceptors (Lipinski definition) is 4. The molecule has 1 N–H and O–H groups in total. The molecule has 0 aliphatic rings. The quantitative estimate of drug-likeness (QED) is 0.0550. The predicted octanol–water partition coefficient (Wildman–Crippen LogP) is 12.9. The highest BCUT2D eigenvalue weighted by atomic mass is 16.5. The number of allylic oxidation sites excluding steroid dienone is 8. The number of nitrogens with one attached hydrogen (secondary N) is 1. The maximum Gasteiger partial charge on any atom is 0.0945 e. The first-order chi connectivity index (χ1) is 24.9. The largest absolute Gasteiger partial charge is 0.380 e. The third-order valence-corrected chi connectivity index (χ3v) is 9.20. The Morgan fingerprint density at radius 3 is 1.42 bits per heavy atom. The molecule has 0 atom stereocenters. The van der Waals surface area contributed by atoms with E-state index in [-0.39, 0.29) is 6.04 Å². The lowest BCUT2D eigenvalue weighted by Crippen LogP contribution is -2.38. The van der Waals surface area contributed by atoms with Gasteiger partial charge >= 0.3 is 0 Å². The summed E-state index contributed by atoms with van der Waals surface area (Å²) < 4.78 is 14.4. The first kappa shape index (κ1) is 46.1. The second kappa shape index (κ2) is 39.8. The lowest BCUT2D eigenvalue weighted by Gasteiger charge is -2.19. The molecule has 0 spiro atoms. The SMILES string of the molecule is CCCCCC=CCC=CCCCCCCCCOCC(COCCCCCCCCC=CCC=CCCCCC)NCCCn1ccnc1. The van der Waals surface area contributed by atoms with Crippen molar-refractivity contribution in [3.8, 4) is 0 Å². The molecule has 288 valence electrons. The number of unbranched alkanes of at least 4 members (excludes halogenated alkanes) is 18. The molecule has 0 aromatic carbocycles. The van der Waals surface area contributed by atoms with Gasteiger partial charge in [-0.3, -0.25) is 0 Å². The molecule has 0 amide bonds. The van der Waals surface area contributed by atoms with Crippen LogP contribution in [-0.2, 0) is 16.0 Å². The normalized spacial score (nSPS) is 12.9. The Labute approximate surface area is 310 Å². The number of nitrogens with zero attached hydrogens (tertiary/aromatic N) is 2. The van der Waals surface area contributed by atoms with E-state index in [1.807, 2.05) is 18.7 Å². The van der Waals surface area contributed by atoms with Gasteiger partial charge in [-0.15, -0.1) is 0 Å². The van der Waals surface area contributed by atoms with Gasteiger partial charge in [0.05, 0.1) is 25.6 Å². The van der Waals surface area contributed by atoms with Crippen LogP contribution >= 0.6 is 0 Å². The second-order valence-corrected chi connectivity index (χ2v) is 14.1. The molecule has 0 radical (unpaired) electrons. The van der Waals surface area contributed by atoms with Gasteiger partial charge in [0.15, 0.2) is 0 Å². The minimum Gasteiger partial charge on any atom is -0.380 e. The Bertz CT molecular complexity index is 840. The number of imidazole rings is 1. The smallest absolute Gasteiger partial charge is 0.0945 e. The van der Waals surface area contributed by atoms with Crippen molar-refractivity contribution in [2.75, 3.05) is 33.0 Å². The van der Waals surface area contributed by atoms with Crippen LogP contribution in [0.3, 0.4) is 0 Å². The van der Waals surface area contributed by atoms with Crippen LogP contribution in [0.15, 0.2) is 67.3 Å². The van der Waals surface area contributed by atoms with Gasteiger partial charge in [0.1, 0.15) is 0 Å². The zero-order valence-electron chi connectivity index (χ0n) is 33.1. The van der Waals surface area contributed by atoms with Gasteiger partial charge in [-0.1, -0.05) is 140 Å². The molecule has 0 aliphatic heterocycles. The van der Waals surface area contributed by atoms with E-state index in [1.54, 1.807) is 0 Å². The molecule has 50 heavy (non-hydrogen) atoms. The molecule has 0 saturated carbocycles. The second-order valence-electron chi connectivity index (χ2n) is 14.1. The summed E-state index contributed by atoms with van der Waals surface area (Å²) in [7, 11) is 0. The molecule has 0 fully saturated rings. The van der Waals surface area contributed by atoms with Crippen molar-refractivity contribution < 1.29 is 9.47 Å². The van der Waals surface area contributed by atoms with Gasteiger partial charge in [-0.2, -0.15) is 0 Å². The number of hydrogen-bond donors (Lipinski definition) is 1. The van der Waals surface area contributed by atoms with Crippen LogP contribution in [0.4, 0.5) is 0 Å². The Morgan fingerprint density at radius 1 is 0.540 bits per heavy atom. The Hall–Kier alpha value is -1.95. The zero-order chi connectivity index (χ0) is 35.7. The first-order valence-electron chi connectivity index (χ1n) is 21.3. The molecular weight excluding hydrogens is 615 g/mol. The zero-order valence-corrected chi connectivity index (χ0v) is 33.1. The number of aryl methyl sites for hydroxylation is 1. The summed E-state index contributed by atoms with van der Waals surface area (Å²) in [5.41, 5.74) is 0. The van der Waals surface area contributed by atoms with Crippen LogP contribution < -0.4 is 5.32 Å². The molecule has 5 heteroatoms. The fourth-order valence-corrected chi connectivity index (χ4v) is 5.99. The van der Waals surface area contributed by atoms with Gasteiger partial charge in [0.2, 0.25) is 0 Å². The van der Waals surface area contributed by atoms with E-state index >= 15 is 0 Å². The van der Waals surface area contributed by atoms with E-state index in [9.17, 15) is 0 Å². The lowest BCUT2D eigenvalue weighted by atomic mass is 10.1. The van der Waals surface area contributed by atoms with Crippen LogP contribution in [0.1, 0.15) is 174 Å². The third kappa shape index (κ3) is 34.5. The molecule has 1 aromatic rings. The van der Waals surface area contributed by atoms with Crippen LogP contribution in [-0.4, -0.2) is 48.6 Å². The van der Waals surface area contributed by atoms with Crippen molar-refractivity contribution in [3.05, 3.63) is 67.3 Å². The van der Waals surface area contributed by atoms with E-state index in [1.165, 1.54) is 128 Å². The van der Waals surface area contributed by atoms with Crippen molar-refractivity contribution in [2.24, 2.45) is 0 Å². The number of ether oxygens (including phenoxy) is 2. The number of rotatable bonds is 39.